The van der Waals surface area contributed by atoms with E-state index < -0.39 is 0 Å². The van der Waals surface area contributed by atoms with Crippen molar-refractivity contribution in [2.45, 2.75) is 33.1 Å². The van der Waals surface area contributed by atoms with Gasteiger partial charge in [-0.05, 0) is 54.5 Å². The van der Waals surface area contributed by atoms with Gasteiger partial charge in [-0.1, -0.05) is 25.4 Å². The zero-order valence-corrected chi connectivity index (χ0v) is 13.9. The van der Waals surface area contributed by atoms with Crippen molar-refractivity contribution in [1.29, 1.82) is 0 Å². The van der Waals surface area contributed by atoms with E-state index in [1.165, 1.54) is 5.56 Å². The molecule has 1 N–H and O–H groups in total. The lowest BCUT2D eigenvalue weighted by molar-refractivity contribution is 0.313. The summed E-state index contributed by atoms with van der Waals surface area (Å²) in [4.78, 5) is 17.3. The molecule has 0 unspecified atom stereocenters. The van der Waals surface area contributed by atoms with Crippen LogP contribution in [0.2, 0.25) is 5.02 Å². The second kappa shape index (κ2) is 4.96. The van der Waals surface area contributed by atoms with Gasteiger partial charge in [0.1, 0.15) is 0 Å². The summed E-state index contributed by atoms with van der Waals surface area (Å²) in [6, 6.07) is 7.24. The average Bonchev–Trinajstić information content (AvgIpc) is 2.85. The first-order valence-electron chi connectivity index (χ1n) is 7.82. The number of rotatable bonds is 1. The van der Waals surface area contributed by atoms with E-state index in [4.69, 9.17) is 11.6 Å². The van der Waals surface area contributed by atoms with Gasteiger partial charge in [-0.15, -0.1) is 0 Å². The molecule has 3 aromatic rings. The normalized spacial score (nSPS) is 16.5. The van der Waals surface area contributed by atoms with Crippen molar-refractivity contribution in [2.75, 3.05) is 0 Å². The van der Waals surface area contributed by atoms with Crippen LogP contribution in [0.5, 0.6) is 0 Å². The van der Waals surface area contributed by atoms with Crippen LogP contribution in [0.1, 0.15) is 31.5 Å². The molecule has 1 aromatic carbocycles. The van der Waals surface area contributed by atoms with E-state index in [1.54, 1.807) is 23.0 Å². The van der Waals surface area contributed by atoms with Crippen molar-refractivity contribution < 1.29 is 0 Å². The summed E-state index contributed by atoms with van der Waals surface area (Å²) in [7, 11) is 0. The molecule has 0 atom stereocenters. The second-order valence-electron chi connectivity index (χ2n) is 7.04. The number of aromatic amines is 1. The summed E-state index contributed by atoms with van der Waals surface area (Å²) < 4.78 is 1.57. The molecular weight excluding hydrogens is 310 g/mol. The number of hydrogen-bond acceptors (Lipinski definition) is 2. The fraction of sp³-hybridized carbons (Fsp3) is 0.333. The van der Waals surface area contributed by atoms with Gasteiger partial charge < -0.3 is 0 Å². The smallest absolute Gasteiger partial charge is 0.280 e. The predicted molar refractivity (Wildman–Crippen MR) is 92.5 cm³/mol. The largest absolute Gasteiger partial charge is 0.290 e. The van der Waals surface area contributed by atoms with E-state index in [2.05, 4.69) is 23.9 Å². The molecule has 23 heavy (non-hydrogen) atoms. The number of pyridine rings is 1. The number of fused-ring (bicyclic) bond motifs is 3. The molecule has 4 rings (SSSR count). The monoisotopic (exact) mass is 327 g/mol. The third-order valence-corrected chi connectivity index (χ3v) is 4.96. The summed E-state index contributed by atoms with van der Waals surface area (Å²) in [5, 5.41) is 4.59. The number of nitrogens with one attached hydrogen (secondary N) is 1. The molecule has 1 aliphatic rings. The quantitative estimate of drug-likeness (QED) is 0.737. The summed E-state index contributed by atoms with van der Waals surface area (Å²) in [5.41, 5.74) is 4.16. The van der Waals surface area contributed by atoms with Crippen LogP contribution < -0.4 is 5.56 Å². The van der Waals surface area contributed by atoms with Crippen molar-refractivity contribution in [3.63, 3.8) is 0 Å². The van der Waals surface area contributed by atoms with Crippen LogP contribution in [0, 0.1) is 5.41 Å². The van der Waals surface area contributed by atoms with Crippen LogP contribution in [-0.2, 0) is 12.8 Å². The molecule has 1 aliphatic carbocycles. The Morgan fingerprint density at radius 1 is 1.26 bits per heavy atom. The summed E-state index contributed by atoms with van der Waals surface area (Å²) in [6.07, 6.45) is 4.73. The maximum absolute atomic E-state index is 12.7. The van der Waals surface area contributed by atoms with Crippen LogP contribution in [0.3, 0.4) is 0 Å². The molecular formula is C18H18ClN3O. The summed E-state index contributed by atoms with van der Waals surface area (Å²) in [5.74, 6) is 0. The van der Waals surface area contributed by atoms with E-state index in [0.717, 1.165) is 36.2 Å². The first kappa shape index (κ1) is 14.5. The Kier molecular flexibility index (Phi) is 3.13. The highest BCUT2D eigenvalue weighted by atomic mass is 35.5. The number of hydrogen-bond donors (Lipinski definition) is 1. The molecule has 0 aliphatic heterocycles. The number of halogens is 1. The maximum Gasteiger partial charge on any atom is 0.280 e. The highest BCUT2D eigenvalue weighted by molar-refractivity contribution is 6.30. The Hall–Kier alpha value is -2.07. The molecule has 0 spiro atoms. The van der Waals surface area contributed by atoms with Crippen LogP contribution in [0.15, 0.2) is 35.3 Å². The second-order valence-corrected chi connectivity index (χ2v) is 7.48. The van der Waals surface area contributed by atoms with E-state index in [-0.39, 0.29) is 11.0 Å². The highest BCUT2D eigenvalue weighted by Crippen LogP contribution is 2.36. The van der Waals surface area contributed by atoms with E-state index in [0.29, 0.717) is 10.4 Å². The molecule has 5 heteroatoms. The number of benzene rings is 1. The summed E-state index contributed by atoms with van der Waals surface area (Å²) in [6.45, 7) is 4.53. The SMILES string of the molecule is CC1(C)CCc2ncc3c(=O)n(-c4ccc(Cl)cc4)[nH]c3c2C1. The topological polar surface area (TPSA) is 50.7 Å². The lowest BCUT2D eigenvalue weighted by Crippen LogP contribution is -2.23. The Labute approximate surface area is 139 Å². The number of aromatic nitrogens is 3. The van der Waals surface area contributed by atoms with Gasteiger partial charge in [-0.2, -0.15) is 0 Å². The van der Waals surface area contributed by atoms with E-state index in [9.17, 15) is 4.79 Å². The third kappa shape index (κ3) is 2.38. The Bertz CT molecular complexity index is 951. The molecule has 0 radical (unpaired) electrons. The molecule has 4 nitrogen and oxygen atoms in total. The van der Waals surface area contributed by atoms with Crippen LogP contribution in [-0.4, -0.2) is 14.8 Å². The fourth-order valence-corrected chi connectivity index (χ4v) is 3.49. The van der Waals surface area contributed by atoms with Crippen molar-refractivity contribution >= 4 is 22.5 Å². The minimum Gasteiger partial charge on any atom is -0.290 e. The zero-order valence-electron chi connectivity index (χ0n) is 13.2. The third-order valence-electron chi connectivity index (χ3n) is 4.70. The molecule has 118 valence electrons. The van der Waals surface area contributed by atoms with Gasteiger partial charge >= 0.3 is 0 Å². The van der Waals surface area contributed by atoms with Crippen molar-refractivity contribution in [2.24, 2.45) is 5.41 Å². The van der Waals surface area contributed by atoms with Crippen LogP contribution >= 0.6 is 11.6 Å². The molecule has 2 heterocycles. The van der Waals surface area contributed by atoms with Crippen molar-refractivity contribution in [3.8, 4) is 5.69 Å². The van der Waals surface area contributed by atoms with Gasteiger partial charge in [0.05, 0.1) is 16.6 Å². The number of nitrogens with zero attached hydrogens (tertiary/aromatic N) is 2. The zero-order chi connectivity index (χ0) is 16.2. The van der Waals surface area contributed by atoms with E-state index in [1.807, 2.05) is 12.1 Å². The van der Waals surface area contributed by atoms with Gasteiger partial charge in [0.25, 0.3) is 5.56 Å². The molecule has 0 fully saturated rings. The molecule has 0 saturated heterocycles. The molecule has 0 amide bonds. The van der Waals surface area contributed by atoms with Gasteiger partial charge in [0.15, 0.2) is 0 Å². The minimum atomic E-state index is -0.0685. The fourth-order valence-electron chi connectivity index (χ4n) is 3.37. The van der Waals surface area contributed by atoms with Gasteiger partial charge in [0.2, 0.25) is 0 Å². The predicted octanol–water partition coefficient (Wildman–Crippen LogP) is 3.88. The average molecular weight is 328 g/mol. The summed E-state index contributed by atoms with van der Waals surface area (Å²) >= 11 is 5.94. The van der Waals surface area contributed by atoms with Gasteiger partial charge in [0, 0.05) is 16.9 Å². The van der Waals surface area contributed by atoms with Crippen molar-refractivity contribution in [1.82, 2.24) is 14.8 Å². The number of aryl methyl sites for hydroxylation is 1. The van der Waals surface area contributed by atoms with Gasteiger partial charge in [-0.3, -0.25) is 14.9 Å². The standard InChI is InChI=1S/C18H18ClN3O/c1-18(2)8-7-15-13(9-18)16-14(10-20-15)17(23)22(21-16)12-5-3-11(19)4-6-12/h3-6,10,21H,7-9H2,1-2H3. The number of H-pyrrole nitrogens is 1. The first-order chi connectivity index (χ1) is 10.9. The van der Waals surface area contributed by atoms with E-state index >= 15 is 0 Å². The molecule has 2 aromatic heterocycles. The first-order valence-corrected chi connectivity index (χ1v) is 8.20. The van der Waals surface area contributed by atoms with Gasteiger partial charge in [-0.25, -0.2) is 4.68 Å². The maximum atomic E-state index is 12.7. The lowest BCUT2D eigenvalue weighted by Gasteiger charge is -2.30. The molecule has 0 saturated carbocycles. The highest BCUT2D eigenvalue weighted by Gasteiger charge is 2.28. The van der Waals surface area contributed by atoms with Crippen molar-refractivity contribution in [3.05, 3.63) is 57.1 Å². The Morgan fingerprint density at radius 3 is 2.74 bits per heavy atom. The van der Waals surface area contributed by atoms with Crippen LogP contribution in [0.4, 0.5) is 0 Å². The Balaban J connectivity index is 1.95. The minimum absolute atomic E-state index is 0.0685. The molecule has 0 bridgehead atoms. The van der Waals surface area contributed by atoms with Crippen LogP contribution in [0.25, 0.3) is 16.6 Å². The lowest BCUT2D eigenvalue weighted by atomic mass is 9.75. The Morgan fingerprint density at radius 2 is 2.00 bits per heavy atom.